The highest BCUT2D eigenvalue weighted by Gasteiger charge is 2.35. The van der Waals surface area contributed by atoms with Crippen molar-refractivity contribution < 1.29 is 29.0 Å². The van der Waals surface area contributed by atoms with Gasteiger partial charge in [-0.15, -0.1) is 0 Å². The molecule has 2 aromatic carbocycles. The predicted molar refractivity (Wildman–Crippen MR) is 132 cm³/mol. The molecule has 0 bridgehead atoms. The molecule has 1 aliphatic rings. The van der Waals surface area contributed by atoms with E-state index >= 15 is 0 Å². The lowest BCUT2D eigenvalue weighted by molar-refractivity contribution is -0.148. The number of halogens is 1. The van der Waals surface area contributed by atoms with Crippen LogP contribution in [0.25, 0.3) is 0 Å². The number of carbonyl (C=O) groups excluding carboxylic acids is 3. The van der Waals surface area contributed by atoms with Crippen LogP contribution >= 0.6 is 11.6 Å². The summed E-state index contributed by atoms with van der Waals surface area (Å²) in [5.41, 5.74) is 7.42. The molecule has 1 aliphatic heterocycles. The number of amides is 2. The van der Waals surface area contributed by atoms with Gasteiger partial charge in [0, 0.05) is 29.5 Å². The van der Waals surface area contributed by atoms with Crippen LogP contribution in [0.1, 0.15) is 60.0 Å². The van der Waals surface area contributed by atoms with Crippen molar-refractivity contribution in [3.05, 3.63) is 58.1 Å². The van der Waals surface area contributed by atoms with Crippen molar-refractivity contribution in [1.82, 2.24) is 4.90 Å². The number of benzene rings is 2. The molecule has 8 nitrogen and oxygen atoms in total. The lowest BCUT2D eigenvalue weighted by atomic mass is 9.90. The number of hydrogen-bond donors (Lipinski definition) is 2. The third-order valence-corrected chi connectivity index (χ3v) is 6.66. The van der Waals surface area contributed by atoms with Gasteiger partial charge in [0.2, 0.25) is 11.8 Å². The molecule has 35 heavy (non-hydrogen) atoms. The van der Waals surface area contributed by atoms with E-state index in [1.165, 1.54) is 13.2 Å². The standard InChI is InChI=1S/C26H29ClN2O6/c1-3-15(16-5-8-21(26(33)34)22(28)12-16)13-24(31)29-14-20(30)7-4-17(25(29)32)10-18-11-19(27)6-9-23(18)35-2/h5-6,8-9,11-12,15,17H,3-4,7,10,13-14,28H2,1-2H3,(H,33,34)/t15-,17+/m0/s1. The van der Waals surface area contributed by atoms with Crippen molar-refractivity contribution in [2.75, 3.05) is 19.4 Å². The number of imide groups is 1. The Morgan fingerprint density at radius 2 is 1.97 bits per heavy atom. The molecule has 0 aromatic heterocycles. The second-order valence-electron chi connectivity index (χ2n) is 8.71. The van der Waals surface area contributed by atoms with Crippen LogP contribution in [0, 0.1) is 5.92 Å². The van der Waals surface area contributed by atoms with Crippen molar-refractivity contribution >= 4 is 40.9 Å². The van der Waals surface area contributed by atoms with E-state index in [0.717, 1.165) is 10.5 Å². The number of ether oxygens (including phenoxy) is 1. The van der Waals surface area contributed by atoms with E-state index in [9.17, 15) is 24.3 Å². The summed E-state index contributed by atoms with van der Waals surface area (Å²) in [5.74, 6) is -2.40. The summed E-state index contributed by atoms with van der Waals surface area (Å²) in [6, 6.07) is 9.73. The Hall–Kier alpha value is -3.39. The summed E-state index contributed by atoms with van der Waals surface area (Å²) < 4.78 is 5.39. The lowest BCUT2D eigenvalue weighted by Crippen LogP contribution is -2.42. The minimum Gasteiger partial charge on any atom is -0.496 e. The number of nitrogens with zero attached hydrogens (tertiary/aromatic N) is 1. The van der Waals surface area contributed by atoms with E-state index in [1.54, 1.807) is 30.3 Å². The molecular weight excluding hydrogens is 472 g/mol. The highest BCUT2D eigenvalue weighted by atomic mass is 35.5. The molecule has 1 heterocycles. The van der Waals surface area contributed by atoms with Crippen LogP contribution in [0.5, 0.6) is 5.75 Å². The van der Waals surface area contributed by atoms with Crippen molar-refractivity contribution in [2.24, 2.45) is 5.92 Å². The van der Waals surface area contributed by atoms with Gasteiger partial charge in [0.1, 0.15) is 5.75 Å². The maximum absolute atomic E-state index is 13.4. The molecule has 186 valence electrons. The number of ketones is 1. The minimum absolute atomic E-state index is 0.00537. The third kappa shape index (κ3) is 6.19. The molecule has 1 fully saturated rings. The number of rotatable bonds is 8. The summed E-state index contributed by atoms with van der Waals surface area (Å²) in [4.78, 5) is 51.4. The fourth-order valence-corrected chi connectivity index (χ4v) is 4.63. The highest BCUT2D eigenvalue weighted by Crippen LogP contribution is 2.31. The fraction of sp³-hybridized carbons (Fsp3) is 0.385. The van der Waals surface area contributed by atoms with E-state index in [-0.39, 0.29) is 42.3 Å². The SMILES string of the molecule is CC[C@@H](CC(=O)N1CC(=O)CC[C@H](Cc2cc(Cl)ccc2OC)C1=O)c1ccc(C(=O)O)c(N)c1. The largest absolute Gasteiger partial charge is 0.496 e. The second kappa shape index (κ2) is 11.4. The Morgan fingerprint density at radius 1 is 1.23 bits per heavy atom. The number of nitrogen functional groups attached to an aromatic ring is 1. The fourth-order valence-electron chi connectivity index (χ4n) is 4.43. The lowest BCUT2D eigenvalue weighted by Gasteiger charge is -2.25. The molecule has 0 radical (unpaired) electrons. The van der Waals surface area contributed by atoms with E-state index < -0.39 is 23.7 Å². The first-order valence-corrected chi connectivity index (χ1v) is 11.8. The summed E-state index contributed by atoms with van der Waals surface area (Å²) in [6.07, 6.45) is 1.39. The summed E-state index contributed by atoms with van der Waals surface area (Å²) in [7, 11) is 1.53. The van der Waals surface area contributed by atoms with Crippen LogP contribution in [0.2, 0.25) is 5.02 Å². The number of hydrogen-bond acceptors (Lipinski definition) is 6. The van der Waals surface area contributed by atoms with E-state index in [4.69, 9.17) is 22.1 Å². The average Bonchev–Trinajstić information content (AvgIpc) is 2.96. The zero-order valence-electron chi connectivity index (χ0n) is 19.8. The van der Waals surface area contributed by atoms with E-state index in [1.807, 2.05) is 6.92 Å². The van der Waals surface area contributed by atoms with Crippen LogP contribution in [-0.2, 0) is 20.8 Å². The Balaban J connectivity index is 1.81. The smallest absolute Gasteiger partial charge is 0.337 e. The maximum Gasteiger partial charge on any atom is 0.337 e. The Bertz CT molecular complexity index is 1150. The number of Topliss-reactive ketones (excluding diaryl/α,β-unsaturated/α-hetero) is 1. The zero-order chi connectivity index (χ0) is 25.7. The predicted octanol–water partition coefficient (Wildman–Crippen LogP) is 4.09. The monoisotopic (exact) mass is 500 g/mol. The van der Waals surface area contributed by atoms with Crippen LogP contribution < -0.4 is 10.5 Å². The van der Waals surface area contributed by atoms with Gasteiger partial charge in [-0.1, -0.05) is 24.6 Å². The summed E-state index contributed by atoms with van der Waals surface area (Å²) in [6.45, 7) is 1.64. The molecular formula is C26H29ClN2O6. The maximum atomic E-state index is 13.4. The quantitative estimate of drug-likeness (QED) is 0.522. The topological polar surface area (TPSA) is 127 Å². The van der Waals surface area contributed by atoms with Gasteiger partial charge in [-0.3, -0.25) is 19.3 Å². The molecule has 2 amide bonds. The highest BCUT2D eigenvalue weighted by molar-refractivity contribution is 6.30. The Kier molecular flexibility index (Phi) is 8.51. The van der Waals surface area contributed by atoms with Crippen LogP contribution in [0.15, 0.2) is 36.4 Å². The van der Waals surface area contributed by atoms with Crippen molar-refractivity contribution in [2.45, 2.75) is 44.9 Å². The van der Waals surface area contributed by atoms with E-state index in [2.05, 4.69) is 0 Å². The Labute approximate surface area is 209 Å². The van der Waals surface area contributed by atoms with Crippen molar-refractivity contribution in [3.8, 4) is 5.75 Å². The minimum atomic E-state index is -1.13. The Morgan fingerprint density at radius 3 is 2.60 bits per heavy atom. The molecule has 3 N–H and O–H groups in total. The van der Waals surface area contributed by atoms with Crippen LogP contribution in [-0.4, -0.2) is 47.2 Å². The first-order chi connectivity index (χ1) is 16.6. The number of aromatic carboxylic acids is 1. The van der Waals surface area contributed by atoms with Crippen molar-refractivity contribution in [1.29, 1.82) is 0 Å². The molecule has 9 heteroatoms. The number of carboxylic acid groups (broad SMARTS) is 1. The number of carbonyl (C=O) groups is 4. The van der Waals surface area contributed by atoms with Gasteiger partial charge in [0.05, 0.1) is 19.2 Å². The van der Waals surface area contributed by atoms with Gasteiger partial charge in [0.25, 0.3) is 0 Å². The zero-order valence-corrected chi connectivity index (χ0v) is 20.5. The molecule has 2 atom stereocenters. The molecule has 1 saturated heterocycles. The number of anilines is 1. The molecule has 0 saturated carbocycles. The van der Waals surface area contributed by atoms with Gasteiger partial charge < -0.3 is 15.6 Å². The molecule has 0 aliphatic carbocycles. The first kappa shape index (κ1) is 26.2. The number of methoxy groups -OCH3 is 1. The third-order valence-electron chi connectivity index (χ3n) is 6.42. The average molecular weight is 501 g/mol. The van der Waals surface area contributed by atoms with Gasteiger partial charge in [-0.2, -0.15) is 0 Å². The molecule has 0 spiro atoms. The number of nitrogens with two attached hydrogens (primary N) is 1. The van der Waals surface area contributed by atoms with Crippen LogP contribution in [0.3, 0.4) is 0 Å². The van der Waals surface area contributed by atoms with Crippen LogP contribution in [0.4, 0.5) is 5.69 Å². The first-order valence-electron chi connectivity index (χ1n) is 11.5. The normalized spacial score (nSPS) is 17.1. The molecule has 0 unspecified atom stereocenters. The van der Waals surface area contributed by atoms with Gasteiger partial charge in [0.15, 0.2) is 5.78 Å². The van der Waals surface area contributed by atoms with Gasteiger partial charge in [-0.25, -0.2) is 4.79 Å². The number of likely N-dealkylation sites (tertiary alicyclic amines) is 1. The number of carboxylic acids is 1. The summed E-state index contributed by atoms with van der Waals surface area (Å²) >= 11 is 6.13. The second-order valence-corrected chi connectivity index (χ2v) is 9.15. The molecule has 2 aromatic rings. The van der Waals surface area contributed by atoms with Gasteiger partial charge in [-0.05, 0) is 66.6 Å². The molecule has 3 rings (SSSR count). The van der Waals surface area contributed by atoms with Crippen molar-refractivity contribution in [3.63, 3.8) is 0 Å². The van der Waals surface area contributed by atoms with Gasteiger partial charge >= 0.3 is 5.97 Å². The van der Waals surface area contributed by atoms with E-state index in [0.29, 0.717) is 35.6 Å². The summed E-state index contributed by atoms with van der Waals surface area (Å²) in [5, 5.41) is 9.71.